The molecule has 0 radical (unpaired) electrons. The third-order valence-corrected chi connectivity index (χ3v) is 4.94. The van der Waals surface area contributed by atoms with Crippen LogP contribution in [0.25, 0.3) is 11.3 Å². The lowest BCUT2D eigenvalue weighted by molar-refractivity contribution is 0.297. The first-order chi connectivity index (χ1) is 10.1. The first-order valence-corrected chi connectivity index (χ1v) is 7.78. The van der Waals surface area contributed by atoms with Gasteiger partial charge in [-0.25, -0.2) is 4.39 Å². The van der Waals surface area contributed by atoms with Gasteiger partial charge in [0.15, 0.2) is 0 Å². The van der Waals surface area contributed by atoms with Crippen LogP contribution in [0, 0.1) is 5.82 Å². The maximum atomic E-state index is 13.8. The van der Waals surface area contributed by atoms with Crippen molar-refractivity contribution in [3.63, 3.8) is 0 Å². The molecule has 2 aliphatic rings. The van der Waals surface area contributed by atoms with Gasteiger partial charge in [-0.15, -0.1) is 0 Å². The molecule has 3 heterocycles. The second-order valence-corrected chi connectivity index (χ2v) is 6.42. The molecule has 1 saturated heterocycles. The molecule has 2 aliphatic heterocycles. The van der Waals surface area contributed by atoms with Crippen molar-refractivity contribution >= 4 is 11.6 Å². The molecule has 1 N–H and O–H groups in total. The van der Waals surface area contributed by atoms with Gasteiger partial charge in [-0.2, -0.15) is 5.10 Å². The van der Waals surface area contributed by atoms with Gasteiger partial charge in [0.2, 0.25) is 0 Å². The van der Waals surface area contributed by atoms with Crippen molar-refractivity contribution in [2.45, 2.75) is 37.8 Å². The number of benzene rings is 1. The molecule has 1 aromatic heterocycles. The zero-order valence-electron chi connectivity index (χ0n) is 11.9. The van der Waals surface area contributed by atoms with Gasteiger partial charge >= 0.3 is 0 Å². The standard InChI is InChI=1S/C16H17ClFN3/c1-21-16(9-5-6-12(17)13(18)7-9)11-8-10-3-2-4-14(19-10)15(11)20-21/h5-7,10,14,19H,2-4,8H2,1H3. The number of nitrogens with zero attached hydrogens (tertiary/aromatic N) is 2. The first-order valence-electron chi connectivity index (χ1n) is 7.40. The Morgan fingerprint density at radius 1 is 1.38 bits per heavy atom. The largest absolute Gasteiger partial charge is 0.305 e. The van der Waals surface area contributed by atoms with Crippen LogP contribution in [0.4, 0.5) is 4.39 Å². The topological polar surface area (TPSA) is 29.9 Å². The van der Waals surface area contributed by atoms with Crippen LogP contribution in [0.15, 0.2) is 18.2 Å². The minimum absolute atomic E-state index is 0.160. The van der Waals surface area contributed by atoms with Crippen LogP contribution in [0.5, 0.6) is 0 Å². The molecule has 2 atom stereocenters. The number of hydrogen-bond acceptors (Lipinski definition) is 2. The summed E-state index contributed by atoms with van der Waals surface area (Å²) >= 11 is 5.80. The molecule has 1 aromatic carbocycles. The Labute approximate surface area is 128 Å². The SMILES string of the molecule is Cn1nc2c(c1-c1ccc(Cl)c(F)c1)CC1CCCC2N1. The van der Waals surface area contributed by atoms with Crippen molar-refractivity contribution in [3.8, 4) is 11.3 Å². The summed E-state index contributed by atoms with van der Waals surface area (Å²) in [6.45, 7) is 0. The number of nitrogens with one attached hydrogen (secondary N) is 1. The molecule has 2 aromatic rings. The van der Waals surface area contributed by atoms with Crippen molar-refractivity contribution in [2.24, 2.45) is 7.05 Å². The summed E-state index contributed by atoms with van der Waals surface area (Å²) < 4.78 is 15.7. The van der Waals surface area contributed by atoms with Gasteiger partial charge in [-0.05, 0) is 37.8 Å². The summed E-state index contributed by atoms with van der Waals surface area (Å²) in [4.78, 5) is 0. The molecular formula is C16H17ClFN3. The van der Waals surface area contributed by atoms with Crippen LogP contribution in [0.3, 0.4) is 0 Å². The van der Waals surface area contributed by atoms with Crippen molar-refractivity contribution in [3.05, 3.63) is 40.3 Å². The van der Waals surface area contributed by atoms with E-state index in [0.29, 0.717) is 12.1 Å². The Morgan fingerprint density at radius 3 is 3.05 bits per heavy atom. The second-order valence-electron chi connectivity index (χ2n) is 6.02. The van der Waals surface area contributed by atoms with Gasteiger partial charge in [0.25, 0.3) is 0 Å². The van der Waals surface area contributed by atoms with Gasteiger partial charge in [0, 0.05) is 24.2 Å². The maximum absolute atomic E-state index is 13.8. The van der Waals surface area contributed by atoms with Gasteiger partial charge in [-0.1, -0.05) is 17.7 Å². The van der Waals surface area contributed by atoms with Gasteiger partial charge < -0.3 is 5.32 Å². The van der Waals surface area contributed by atoms with Crippen LogP contribution in [-0.2, 0) is 13.5 Å². The number of hydrogen-bond donors (Lipinski definition) is 1. The maximum Gasteiger partial charge on any atom is 0.142 e. The average Bonchev–Trinajstić information content (AvgIpc) is 2.79. The highest BCUT2D eigenvalue weighted by atomic mass is 35.5. The minimum Gasteiger partial charge on any atom is -0.305 e. The fourth-order valence-corrected chi connectivity index (χ4v) is 3.83. The lowest BCUT2D eigenvalue weighted by atomic mass is 9.84. The number of aryl methyl sites for hydroxylation is 1. The van der Waals surface area contributed by atoms with Crippen LogP contribution in [-0.4, -0.2) is 15.8 Å². The predicted molar refractivity (Wildman–Crippen MR) is 80.8 cm³/mol. The van der Waals surface area contributed by atoms with E-state index in [2.05, 4.69) is 5.32 Å². The Kier molecular flexibility index (Phi) is 3.05. The fraction of sp³-hybridized carbons (Fsp3) is 0.438. The van der Waals surface area contributed by atoms with Crippen LogP contribution in [0.1, 0.15) is 36.6 Å². The smallest absolute Gasteiger partial charge is 0.142 e. The van der Waals surface area contributed by atoms with Crippen molar-refractivity contribution in [1.29, 1.82) is 0 Å². The third kappa shape index (κ3) is 2.09. The lowest BCUT2D eigenvalue weighted by Gasteiger charge is -2.35. The molecular weight excluding hydrogens is 289 g/mol. The minimum atomic E-state index is -0.377. The lowest BCUT2D eigenvalue weighted by Crippen LogP contribution is -2.42. The summed E-state index contributed by atoms with van der Waals surface area (Å²) in [6, 6.07) is 5.88. The first kappa shape index (κ1) is 13.3. The fourth-order valence-electron chi connectivity index (χ4n) is 3.72. The third-order valence-electron chi connectivity index (χ3n) is 4.63. The summed E-state index contributed by atoms with van der Waals surface area (Å²) in [5, 5.41) is 8.51. The highest BCUT2D eigenvalue weighted by molar-refractivity contribution is 6.30. The number of aromatic nitrogens is 2. The molecule has 0 amide bonds. The highest BCUT2D eigenvalue weighted by Gasteiger charge is 2.34. The average molecular weight is 306 g/mol. The number of halogens is 2. The van der Waals surface area contributed by atoms with Crippen molar-refractivity contribution in [1.82, 2.24) is 15.1 Å². The molecule has 0 aliphatic carbocycles. The Bertz CT molecular complexity index is 710. The van der Waals surface area contributed by atoms with Crippen LogP contribution in [0.2, 0.25) is 5.02 Å². The quantitative estimate of drug-likeness (QED) is 0.872. The Hall–Kier alpha value is -1.39. The molecule has 110 valence electrons. The normalized spacial score (nSPS) is 24.0. The monoisotopic (exact) mass is 305 g/mol. The molecule has 0 spiro atoms. The summed E-state index contributed by atoms with van der Waals surface area (Å²) in [5.74, 6) is -0.377. The molecule has 4 rings (SSSR count). The van der Waals surface area contributed by atoms with E-state index in [9.17, 15) is 4.39 Å². The van der Waals surface area contributed by atoms with Gasteiger partial charge in [-0.3, -0.25) is 4.68 Å². The number of rotatable bonds is 1. The second kappa shape index (κ2) is 4.82. The predicted octanol–water partition coefficient (Wildman–Crippen LogP) is 3.62. The van der Waals surface area contributed by atoms with E-state index < -0.39 is 0 Å². The highest BCUT2D eigenvalue weighted by Crippen LogP contribution is 2.39. The molecule has 2 bridgehead atoms. The zero-order chi connectivity index (χ0) is 14.6. The summed E-state index contributed by atoms with van der Waals surface area (Å²) in [5.41, 5.74) is 4.29. The van der Waals surface area contributed by atoms with Crippen LogP contribution >= 0.6 is 11.6 Å². The molecule has 1 fully saturated rings. The van der Waals surface area contributed by atoms with Crippen LogP contribution < -0.4 is 5.32 Å². The van der Waals surface area contributed by atoms with E-state index in [1.807, 2.05) is 17.8 Å². The van der Waals surface area contributed by atoms with E-state index in [4.69, 9.17) is 16.7 Å². The number of piperidine rings is 1. The van der Waals surface area contributed by atoms with Crippen molar-refractivity contribution in [2.75, 3.05) is 0 Å². The van der Waals surface area contributed by atoms with E-state index in [0.717, 1.165) is 29.8 Å². The van der Waals surface area contributed by atoms with E-state index in [1.54, 1.807) is 6.07 Å². The van der Waals surface area contributed by atoms with Gasteiger partial charge in [0.05, 0.1) is 22.5 Å². The Morgan fingerprint density at radius 2 is 2.24 bits per heavy atom. The molecule has 0 saturated carbocycles. The molecule has 3 nitrogen and oxygen atoms in total. The van der Waals surface area contributed by atoms with E-state index in [-0.39, 0.29) is 10.8 Å². The Balaban J connectivity index is 1.86. The van der Waals surface area contributed by atoms with E-state index >= 15 is 0 Å². The molecule has 5 heteroatoms. The van der Waals surface area contributed by atoms with E-state index in [1.165, 1.54) is 24.5 Å². The molecule has 2 unspecified atom stereocenters. The zero-order valence-corrected chi connectivity index (χ0v) is 12.6. The summed E-state index contributed by atoms with van der Waals surface area (Å²) in [7, 11) is 1.93. The number of fused-ring (bicyclic) bond motifs is 4. The van der Waals surface area contributed by atoms with Gasteiger partial charge in [0.1, 0.15) is 5.82 Å². The van der Waals surface area contributed by atoms with Crippen molar-refractivity contribution < 1.29 is 4.39 Å². The molecule has 21 heavy (non-hydrogen) atoms. The summed E-state index contributed by atoms with van der Waals surface area (Å²) in [6.07, 6.45) is 4.57.